The molecule has 0 aliphatic carbocycles. The summed E-state index contributed by atoms with van der Waals surface area (Å²) < 4.78 is 38.2. The summed E-state index contributed by atoms with van der Waals surface area (Å²) in [7, 11) is 0. The summed E-state index contributed by atoms with van der Waals surface area (Å²) in [4.78, 5) is 12.9. The van der Waals surface area contributed by atoms with Crippen LogP contribution < -0.4 is 5.32 Å². The van der Waals surface area contributed by atoms with Gasteiger partial charge in [-0.1, -0.05) is 48.0 Å². The van der Waals surface area contributed by atoms with E-state index < -0.39 is 18.8 Å². The fraction of sp³-hybridized carbons (Fsp3) is 0.235. The lowest BCUT2D eigenvalue weighted by atomic mass is 10.2. The lowest BCUT2D eigenvalue weighted by molar-refractivity contribution is -0.140. The molecule has 23 heavy (non-hydrogen) atoms. The number of amides is 2. The van der Waals surface area contributed by atoms with Crippen LogP contribution >= 0.6 is 0 Å². The van der Waals surface area contributed by atoms with Crippen molar-refractivity contribution < 1.29 is 18.0 Å². The number of hydrogen-bond acceptors (Lipinski definition) is 1. The van der Waals surface area contributed by atoms with E-state index in [9.17, 15) is 18.0 Å². The zero-order valence-corrected chi connectivity index (χ0v) is 12.6. The second-order valence-electron chi connectivity index (χ2n) is 5.25. The lowest BCUT2D eigenvalue weighted by Gasteiger charge is -2.24. The van der Waals surface area contributed by atoms with Gasteiger partial charge in [-0.3, -0.25) is 0 Å². The molecule has 1 N–H and O–H groups in total. The van der Waals surface area contributed by atoms with Gasteiger partial charge in [0.05, 0.1) is 0 Å². The number of rotatable bonds is 4. The summed E-state index contributed by atoms with van der Waals surface area (Å²) in [5, 5.41) is 2.50. The van der Waals surface area contributed by atoms with E-state index in [1.807, 2.05) is 6.92 Å². The molecule has 6 heteroatoms. The maximum Gasteiger partial charge on any atom is 0.406 e. The first kappa shape index (κ1) is 16.9. The van der Waals surface area contributed by atoms with E-state index in [0.717, 1.165) is 10.5 Å². The Morgan fingerprint density at radius 1 is 1.04 bits per heavy atom. The molecule has 2 amide bonds. The van der Waals surface area contributed by atoms with E-state index in [4.69, 9.17) is 0 Å². The largest absolute Gasteiger partial charge is 0.406 e. The van der Waals surface area contributed by atoms with Crippen molar-refractivity contribution in [2.45, 2.75) is 19.6 Å². The Labute approximate surface area is 132 Å². The van der Waals surface area contributed by atoms with Crippen LogP contribution in [-0.4, -0.2) is 23.7 Å². The highest BCUT2D eigenvalue weighted by Crippen LogP contribution is 2.19. The Balaban J connectivity index is 2.11. The Kier molecular flexibility index (Phi) is 5.26. The van der Waals surface area contributed by atoms with Gasteiger partial charge in [0.1, 0.15) is 6.54 Å². The van der Waals surface area contributed by atoms with Crippen molar-refractivity contribution in [3.05, 3.63) is 65.7 Å². The molecule has 0 heterocycles. The molecule has 0 bridgehead atoms. The average Bonchev–Trinajstić information content (AvgIpc) is 2.48. The topological polar surface area (TPSA) is 32.3 Å². The summed E-state index contributed by atoms with van der Waals surface area (Å²) in [6, 6.07) is 14.7. The molecule has 2 rings (SSSR count). The van der Waals surface area contributed by atoms with E-state index in [2.05, 4.69) is 5.32 Å². The van der Waals surface area contributed by atoms with Crippen LogP contribution in [-0.2, 0) is 6.54 Å². The maximum absolute atomic E-state index is 12.7. The van der Waals surface area contributed by atoms with Crippen LogP contribution in [0.4, 0.5) is 23.7 Å². The first-order valence-electron chi connectivity index (χ1n) is 7.07. The normalized spacial score (nSPS) is 11.1. The zero-order chi connectivity index (χ0) is 16.9. The van der Waals surface area contributed by atoms with Crippen LogP contribution in [0, 0.1) is 6.92 Å². The number of benzene rings is 2. The summed E-state index contributed by atoms with van der Waals surface area (Å²) in [6.45, 7) is 0.467. The molecule has 0 aliphatic heterocycles. The number of urea groups is 1. The highest BCUT2D eigenvalue weighted by atomic mass is 19.4. The van der Waals surface area contributed by atoms with Crippen molar-refractivity contribution in [3.63, 3.8) is 0 Å². The van der Waals surface area contributed by atoms with Crippen molar-refractivity contribution in [3.8, 4) is 0 Å². The molecule has 2 aromatic carbocycles. The van der Waals surface area contributed by atoms with E-state index in [-0.39, 0.29) is 6.54 Å². The molecule has 0 aliphatic rings. The smallest absolute Gasteiger partial charge is 0.311 e. The standard InChI is InChI=1S/C17H17F3N2O/c1-13-7-9-15(10-8-13)21-16(23)22(12-17(18,19)20)11-14-5-3-2-4-6-14/h2-10H,11-12H2,1H3,(H,21,23). The third-order valence-electron chi connectivity index (χ3n) is 3.18. The Bertz CT molecular complexity index is 639. The van der Waals surface area contributed by atoms with Gasteiger partial charge in [-0.25, -0.2) is 4.79 Å². The van der Waals surface area contributed by atoms with Crippen LogP contribution in [0.25, 0.3) is 0 Å². The minimum atomic E-state index is -4.46. The van der Waals surface area contributed by atoms with Crippen molar-refractivity contribution in [1.29, 1.82) is 0 Å². The highest BCUT2D eigenvalue weighted by molar-refractivity contribution is 5.89. The fourth-order valence-electron chi connectivity index (χ4n) is 2.06. The minimum absolute atomic E-state index is 0.113. The van der Waals surface area contributed by atoms with Gasteiger partial charge in [-0.05, 0) is 24.6 Å². The van der Waals surface area contributed by atoms with Gasteiger partial charge in [-0.2, -0.15) is 13.2 Å². The quantitative estimate of drug-likeness (QED) is 0.877. The second-order valence-corrected chi connectivity index (χ2v) is 5.25. The summed E-state index contributed by atoms with van der Waals surface area (Å²) in [5.74, 6) is 0. The van der Waals surface area contributed by atoms with Crippen LogP contribution in [0.3, 0.4) is 0 Å². The third-order valence-corrected chi connectivity index (χ3v) is 3.18. The van der Waals surface area contributed by atoms with Crippen LogP contribution in [0.15, 0.2) is 54.6 Å². The van der Waals surface area contributed by atoms with Gasteiger partial charge in [0.2, 0.25) is 0 Å². The van der Waals surface area contributed by atoms with Crippen molar-refractivity contribution in [2.75, 3.05) is 11.9 Å². The number of alkyl halides is 3. The molecule has 0 spiro atoms. The molecule has 2 aromatic rings. The molecule has 0 aromatic heterocycles. The number of carbonyl (C=O) groups excluding carboxylic acids is 1. The van der Waals surface area contributed by atoms with Gasteiger partial charge in [0, 0.05) is 12.2 Å². The summed E-state index contributed by atoms with van der Waals surface area (Å²) in [5.41, 5.74) is 2.09. The fourth-order valence-corrected chi connectivity index (χ4v) is 2.06. The molecule has 0 unspecified atom stereocenters. The predicted octanol–water partition coefficient (Wildman–Crippen LogP) is 4.59. The lowest BCUT2D eigenvalue weighted by Crippen LogP contribution is -2.41. The van der Waals surface area contributed by atoms with E-state index in [0.29, 0.717) is 11.3 Å². The SMILES string of the molecule is Cc1ccc(NC(=O)N(Cc2ccccc2)CC(F)(F)F)cc1. The van der Waals surface area contributed by atoms with E-state index in [1.165, 1.54) is 0 Å². The number of hydrogen-bond donors (Lipinski definition) is 1. The first-order chi connectivity index (χ1) is 10.8. The molecular formula is C17H17F3N2O. The average molecular weight is 322 g/mol. The van der Waals surface area contributed by atoms with Crippen LogP contribution in [0.2, 0.25) is 0 Å². The molecule has 3 nitrogen and oxygen atoms in total. The molecule has 0 saturated heterocycles. The Morgan fingerprint density at radius 2 is 1.65 bits per heavy atom. The van der Waals surface area contributed by atoms with E-state index in [1.54, 1.807) is 54.6 Å². The second kappa shape index (κ2) is 7.17. The summed E-state index contributed by atoms with van der Waals surface area (Å²) >= 11 is 0. The number of anilines is 1. The van der Waals surface area contributed by atoms with Crippen LogP contribution in [0.5, 0.6) is 0 Å². The molecule has 122 valence electrons. The number of aryl methyl sites for hydroxylation is 1. The monoisotopic (exact) mass is 322 g/mol. The Hall–Kier alpha value is -2.50. The van der Waals surface area contributed by atoms with Crippen molar-refractivity contribution >= 4 is 11.7 Å². The Morgan fingerprint density at radius 3 is 2.22 bits per heavy atom. The maximum atomic E-state index is 12.7. The zero-order valence-electron chi connectivity index (χ0n) is 12.6. The van der Waals surface area contributed by atoms with Crippen molar-refractivity contribution in [1.82, 2.24) is 4.90 Å². The predicted molar refractivity (Wildman–Crippen MR) is 83.1 cm³/mol. The number of nitrogens with one attached hydrogen (secondary N) is 1. The van der Waals surface area contributed by atoms with Gasteiger partial charge in [0.15, 0.2) is 0 Å². The van der Waals surface area contributed by atoms with Crippen LogP contribution in [0.1, 0.15) is 11.1 Å². The molecular weight excluding hydrogens is 305 g/mol. The molecule has 0 fully saturated rings. The van der Waals surface area contributed by atoms with Gasteiger partial charge in [-0.15, -0.1) is 0 Å². The highest BCUT2D eigenvalue weighted by Gasteiger charge is 2.33. The summed E-state index contributed by atoms with van der Waals surface area (Å²) in [6.07, 6.45) is -4.46. The molecule has 0 radical (unpaired) electrons. The minimum Gasteiger partial charge on any atom is -0.311 e. The molecule has 0 atom stereocenters. The van der Waals surface area contributed by atoms with Gasteiger partial charge in [0.25, 0.3) is 0 Å². The van der Waals surface area contributed by atoms with Crippen molar-refractivity contribution in [2.24, 2.45) is 0 Å². The van der Waals surface area contributed by atoms with Gasteiger partial charge < -0.3 is 10.2 Å². The molecule has 0 saturated carbocycles. The van der Waals surface area contributed by atoms with E-state index >= 15 is 0 Å². The number of halogens is 3. The number of carbonyl (C=O) groups is 1. The number of nitrogens with zero attached hydrogens (tertiary/aromatic N) is 1. The van der Waals surface area contributed by atoms with Gasteiger partial charge >= 0.3 is 12.2 Å². The third kappa shape index (κ3) is 5.65. The first-order valence-corrected chi connectivity index (χ1v) is 7.07.